The summed E-state index contributed by atoms with van der Waals surface area (Å²) in [5.41, 5.74) is 2.48. The number of nitrogens with one attached hydrogen (secondary N) is 1. The predicted molar refractivity (Wildman–Crippen MR) is 85.3 cm³/mol. The number of hydrogen-bond acceptors (Lipinski definition) is 2. The maximum absolute atomic E-state index is 6.18. The van der Waals surface area contributed by atoms with Crippen molar-refractivity contribution in [1.82, 2.24) is 5.32 Å². The highest BCUT2D eigenvalue weighted by Crippen LogP contribution is 2.31. The van der Waals surface area contributed by atoms with Crippen molar-refractivity contribution in [3.05, 3.63) is 34.3 Å². The Labute approximate surface area is 127 Å². The number of hydrogen-bond donors (Lipinski definition) is 1. The largest absolute Gasteiger partial charge is 0.375 e. The summed E-state index contributed by atoms with van der Waals surface area (Å²) in [6.07, 6.45) is 4.40. The first-order chi connectivity index (χ1) is 9.58. The first-order valence-electron chi connectivity index (χ1n) is 7.71. The van der Waals surface area contributed by atoms with Crippen LogP contribution in [0.25, 0.3) is 0 Å². The van der Waals surface area contributed by atoms with Crippen LogP contribution >= 0.6 is 11.6 Å². The minimum atomic E-state index is 0.0842. The lowest BCUT2D eigenvalue weighted by atomic mass is 9.86. The summed E-state index contributed by atoms with van der Waals surface area (Å²) in [5, 5.41) is 4.52. The lowest BCUT2D eigenvalue weighted by molar-refractivity contribution is -0.0932. The molecule has 3 heteroatoms. The summed E-state index contributed by atoms with van der Waals surface area (Å²) in [7, 11) is 0. The van der Waals surface area contributed by atoms with Gasteiger partial charge >= 0.3 is 0 Å². The van der Waals surface area contributed by atoms with E-state index in [1.165, 1.54) is 5.56 Å². The first-order valence-corrected chi connectivity index (χ1v) is 8.08. The Kier molecular flexibility index (Phi) is 5.48. The van der Waals surface area contributed by atoms with Crippen LogP contribution in [-0.2, 0) is 11.3 Å². The third-order valence-corrected chi connectivity index (χ3v) is 5.02. The zero-order chi connectivity index (χ0) is 14.6. The van der Waals surface area contributed by atoms with Crippen molar-refractivity contribution < 1.29 is 4.74 Å². The van der Waals surface area contributed by atoms with Gasteiger partial charge in [-0.1, -0.05) is 37.6 Å². The Hall–Kier alpha value is -0.570. The van der Waals surface area contributed by atoms with E-state index >= 15 is 0 Å². The average molecular weight is 296 g/mol. The van der Waals surface area contributed by atoms with Gasteiger partial charge in [0.15, 0.2) is 0 Å². The molecule has 0 bridgehead atoms. The Morgan fingerprint density at radius 2 is 2.10 bits per heavy atom. The number of rotatable bonds is 5. The summed E-state index contributed by atoms with van der Waals surface area (Å²) in [6, 6.07) is 6.85. The van der Waals surface area contributed by atoms with Gasteiger partial charge in [0.25, 0.3) is 0 Å². The molecule has 112 valence electrons. The molecule has 1 aliphatic rings. The predicted octanol–water partition coefficient (Wildman–Crippen LogP) is 4.48. The summed E-state index contributed by atoms with van der Waals surface area (Å²) < 4.78 is 6.02. The van der Waals surface area contributed by atoms with E-state index in [1.807, 2.05) is 6.92 Å². The summed E-state index contributed by atoms with van der Waals surface area (Å²) in [6.45, 7) is 8.24. The van der Waals surface area contributed by atoms with Crippen molar-refractivity contribution in [2.75, 3.05) is 6.61 Å². The molecule has 1 aliphatic heterocycles. The normalized spacial score (nSPS) is 21.9. The lowest BCUT2D eigenvalue weighted by Gasteiger charge is -2.40. The zero-order valence-corrected chi connectivity index (χ0v) is 13.6. The van der Waals surface area contributed by atoms with Gasteiger partial charge in [0.2, 0.25) is 0 Å². The fraction of sp³-hybridized carbons (Fsp3) is 0.647. The van der Waals surface area contributed by atoms with E-state index in [9.17, 15) is 0 Å². The van der Waals surface area contributed by atoms with Gasteiger partial charge in [0.05, 0.1) is 5.60 Å². The van der Waals surface area contributed by atoms with Crippen molar-refractivity contribution >= 4 is 11.6 Å². The van der Waals surface area contributed by atoms with Gasteiger partial charge in [-0.15, -0.1) is 0 Å². The molecule has 2 nitrogen and oxygen atoms in total. The lowest BCUT2D eigenvalue weighted by Crippen LogP contribution is -2.46. The van der Waals surface area contributed by atoms with E-state index < -0.39 is 0 Å². The van der Waals surface area contributed by atoms with Gasteiger partial charge in [-0.25, -0.2) is 0 Å². The topological polar surface area (TPSA) is 21.3 Å². The van der Waals surface area contributed by atoms with Gasteiger partial charge in [-0.3, -0.25) is 0 Å². The van der Waals surface area contributed by atoms with Crippen molar-refractivity contribution in [1.29, 1.82) is 0 Å². The Morgan fingerprint density at radius 3 is 2.75 bits per heavy atom. The molecule has 1 aromatic rings. The smallest absolute Gasteiger partial charge is 0.0692 e. The molecule has 0 saturated carbocycles. The Bertz CT molecular complexity index is 443. The van der Waals surface area contributed by atoms with Crippen molar-refractivity contribution in [2.45, 2.75) is 64.6 Å². The van der Waals surface area contributed by atoms with Gasteiger partial charge in [-0.05, 0) is 49.8 Å². The van der Waals surface area contributed by atoms with Crippen LogP contribution < -0.4 is 5.32 Å². The standard InChI is InChI=1S/C17H26ClNO/c1-4-17(5-2)11-15(8-9-20-17)19-12-14-7-6-13(3)16(18)10-14/h6-7,10,15,19H,4-5,8-9,11-12H2,1-3H3. The van der Waals surface area contributed by atoms with Crippen LogP contribution in [0.4, 0.5) is 0 Å². The van der Waals surface area contributed by atoms with E-state index in [1.54, 1.807) is 0 Å². The number of ether oxygens (including phenoxy) is 1. The van der Waals surface area contributed by atoms with Crippen molar-refractivity contribution in [3.63, 3.8) is 0 Å². The third-order valence-electron chi connectivity index (χ3n) is 4.61. The second-order valence-electron chi connectivity index (χ2n) is 5.89. The molecule has 1 N–H and O–H groups in total. The number of benzene rings is 1. The summed E-state index contributed by atoms with van der Waals surface area (Å²) >= 11 is 6.18. The highest BCUT2D eigenvalue weighted by atomic mass is 35.5. The van der Waals surface area contributed by atoms with Crippen LogP contribution in [0.2, 0.25) is 5.02 Å². The highest BCUT2D eigenvalue weighted by Gasteiger charge is 2.34. The van der Waals surface area contributed by atoms with Crippen molar-refractivity contribution in [3.8, 4) is 0 Å². The molecule has 0 aromatic heterocycles. The fourth-order valence-corrected chi connectivity index (χ4v) is 3.16. The molecule has 0 aliphatic carbocycles. The molecule has 1 aromatic carbocycles. The van der Waals surface area contributed by atoms with Crippen LogP contribution in [-0.4, -0.2) is 18.2 Å². The molecular formula is C17H26ClNO. The molecule has 2 rings (SSSR count). The van der Waals surface area contributed by atoms with Gasteiger partial charge in [-0.2, -0.15) is 0 Å². The molecule has 0 amide bonds. The molecule has 1 atom stereocenters. The fourth-order valence-electron chi connectivity index (χ4n) is 2.95. The molecule has 0 radical (unpaired) electrons. The van der Waals surface area contributed by atoms with E-state index in [-0.39, 0.29) is 5.60 Å². The first kappa shape index (κ1) is 15.8. The van der Waals surface area contributed by atoms with Gasteiger partial charge in [0.1, 0.15) is 0 Å². The van der Waals surface area contributed by atoms with E-state index in [0.29, 0.717) is 6.04 Å². The van der Waals surface area contributed by atoms with Crippen LogP contribution in [0.3, 0.4) is 0 Å². The summed E-state index contributed by atoms with van der Waals surface area (Å²) in [4.78, 5) is 0. The van der Waals surface area contributed by atoms with Crippen LogP contribution in [0, 0.1) is 6.92 Å². The van der Waals surface area contributed by atoms with Gasteiger partial charge in [0, 0.05) is 24.2 Å². The maximum Gasteiger partial charge on any atom is 0.0692 e. The van der Waals surface area contributed by atoms with Crippen LogP contribution in [0.1, 0.15) is 50.7 Å². The Balaban J connectivity index is 1.91. The quantitative estimate of drug-likeness (QED) is 0.865. The molecule has 0 spiro atoms. The SMILES string of the molecule is CCC1(CC)CC(NCc2ccc(C)c(Cl)c2)CCO1. The monoisotopic (exact) mass is 295 g/mol. The number of halogens is 1. The second-order valence-corrected chi connectivity index (χ2v) is 6.30. The molecule has 20 heavy (non-hydrogen) atoms. The van der Waals surface area contributed by atoms with E-state index in [0.717, 1.165) is 49.4 Å². The Morgan fingerprint density at radius 1 is 1.35 bits per heavy atom. The zero-order valence-electron chi connectivity index (χ0n) is 12.8. The molecule has 1 unspecified atom stereocenters. The third kappa shape index (κ3) is 3.75. The number of aryl methyl sites for hydroxylation is 1. The minimum Gasteiger partial charge on any atom is -0.375 e. The van der Waals surface area contributed by atoms with Crippen LogP contribution in [0.15, 0.2) is 18.2 Å². The molecule has 1 saturated heterocycles. The summed E-state index contributed by atoms with van der Waals surface area (Å²) in [5.74, 6) is 0. The second kappa shape index (κ2) is 6.93. The van der Waals surface area contributed by atoms with Crippen molar-refractivity contribution in [2.24, 2.45) is 0 Å². The molecule has 1 heterocycles. The molecular weight excluding hydrogens is 270 g/mol. The van der Waals surface area contributed by atoms with E-state index in [4.69, 9.17) is 16.3 Å². The van der Waals surface area contributed by atoms with Gasteiger partial charge < -0.3 is 10.1 Å². The molecule has 1 fully saturated rings. The minimum absolute atomic E-state index is 0.0842. The highest BCUT2D eigenvalue weighted by molar-refractivity contribution is 6.31. The van der Waals surface area contributed by atoms with E-state index in [2.05, 4.69) is 37.4 Å². The maximum atomic E-state index is 6.18. The average Bonchev–Trinajstić information content (AvgIpc) is 2.48. The van der Waals surface area contributed by atoms with Crippen LogP contribution in [0.5, 0.6) is 0 Å².